The minimum Gasteiger partial charge on any atom is -0.370 e. The number of hydrogen-bond donors (Lipinski definition) is 3. The molecule has 0 bridgehead atoms. The molecular weight excluding hydrogens is 474 g/mol. The highest BCUT2D eigenvalue weighted by Gasteiger charge is 2.40. The molecule has 4 rings (SSSR count). The zero-order valence-electron chi connectivity index (χ0n) is 19.1. The minimum atomic E-state index is -0.792. The van der Waals surface area contributed by atoms with Crippen molar-refractivity contribution in [3.05, 3.63) is 53.6 Å². The molecule has 0 unspecified atom stereocenters. The Labute approximate surface area is 207 Å². The van der Waals surface area contributed by atoms with E-state index in [4.69, 9.17) is 16.3 Å². The lowest BCUT2D eigenvalue weighted by atomic mass is 10.1. The Morgan fingerprint density at radius 1 is 1.00 bits per heavy atom. The number of hydrogen-bond acceptors (Lipinski definition) is 5. The second-order valence-electron chi connectivity index (χ2n) is 8.37. The molecule has 184 valence electrons. The van der Waals surface area contributed by atoms with E-state index in [0.29, 0.717) is 35.2 Å². The molecule has 2 fully saturated rings. The quantitative estimate of drug-likeness (QED) is 0.583. The zero-order chi connectivity index (χ0) is 24.9. The molecule has 0 spiro atoms. The van der Waals surface area contributed by atoms with E-state index < -0.39 is 12.1 Å². The lowest BCUT2D eigenvalue weighted by Gasteiger charge is -2.27. The first-order valence-electron chi connectivity index (χ1n) is 11.2. The van der Waals surface area contributed by atoms with E-state index in [1.54, 1.807) is 53.4 Å². The number of morpholine rings is 1. The summed E-state index contributed by atoms with van der Waals surface area (Å²) in [5.41, 5.74) is 1.78. The second-order valence-corrected chi connectivity index (χ2v) is 8.81. The lowest BCUT2D eigenvalue weighted by Crippen LogP contribution is -2.45. The van der Waals surface area contributed by atoms with Gasteiger partial charge in [-0.2, -0.15) is 0 Å². The van der Waals surface area contributed by atoms with Crippen LogP contribution in [0.3, 0.4) is 0 Å². The molecular formula is C24H26ClN5O5. The highest BCUT2D eigenvalue weighted by molar-refractivity contribution is 6.30. The SMILES string of the molecule is CC(=O)N[C@@H]1C[C@H](C(=O)Nc2ccc(N3CCOCC3=O)cc2)N(C(=O)Nc2ccc(Cl)cc2)C1. The average molecular weight is 500 g/mol. The fourth-order valence-corrected chi connectivity index (χ4v) is 4.30. The van der Waals surface area contributed by atoms with Crippen molar-refractivity contribution in [3.63, 3.8) is 0 Å². The van der Waals surface area contributed by atoms with Crippen LogP contribution >= 0.6 is 11.6 Å². The third-order valence-electron chi connectivity index (χ3n) is 5.80. The van der Waals surface area contributed by atoms with E-state index in [1.165, 1.54) is 11.8 Å². The van der Waals surface area contributed by atoms with Gasteiger partial charge in [0.25, 0.3) is 5.91 Å². The number of nitrogens with one attached hydrogen (secondary N) is 3. The third kappa shape index (κ3) is 6.09. The van der Waals surface area contributed by atoms with Crippen LogP contribution in [0.1, 0.15) is 13.3 Å². The number of halogens is 1. The van der Waals surface area contributed by atoms with Crippen molar-refractivity contribution in [3.8, 4) is 0 Å². The Balaban J connectivity index is 1.45. The van der Waals surface area contributed by atoms with Gasteiger partial charge in [-0.25, -0.2) is 4.79 Å². The lowest BCUT2D eigenvalue weighted by molar-refractivity contribution is -0.125. The van der Waals surface area contributed by atoms with Gasteiger partial charge in [-0.1, -0.05) is 11.6 Å². The molecule has 2 saturated heterocycles. The summed E-state index contributed by atoms with van der Waals surface area (Å²) in [4.78, 5) is 52.8. The van der Waals surface area contributed by atoms with Gasteiger partial charge < -0.3 is 30.5 Å². The predicted molar refractivity (Wildman–Crippen MR) is 131 cm³/mol. The van der Waals surface area contributed by atoms with Gasteiger partial charge in [-0.15, -0.1) is 0 Å². The molecule has 10 nitrogen and oxygen atoms in total. The van der Waals surface area contributed by atoms with Crippen LogP contribution < -0.4 is 20.9 Å². The van der Waals surface area contributed by atoms with E-state index in [-0.39, 0.29) is 43.3 Å². The van der Waals surface area contributed by atoms with Gasteiger partial charge >= 0.3 is 6.03 Å². The van der Waals surface area contributed by atoms with E-state index >= 15 is 0 Å². The molecule has 2 aliphatic heterocycles. The van der Waals surface area contributed by atoms with Crippen LogP contribution in [0.25, 0.3) is 0 Å². The molecule has 2 aromatic carbocycles. The predicted octanol–water partition coefficient (Wildman–Crippen LogP) is 2.45. The largest absolute Gasteiger partial charge is 0.370 e. The molecule has 0 radical (unpaired) electrons. The Morgan fingerprint density at radius 3 is 2.31 bits per heavy atom. The van der Waals surface area contributed by atoms with Crippen LogP contribution in [0, 0.1) is 0 Å². The number of carbonyl (C=O) groups is 4. The van der Waals surface area contributed by atoms with Crippen molar-refractivity contribution in [2.75, 3.05) is 41.8 Å². The van der Waals surface area contributed by atoms with Gasteiger partial charge in [0.1, 0.15) is 12.6 Å². The number of amides is 5. The number of urea groups is 1. The number of ether oxygens (including phenoxy) is 1. The monoisotopic (exact) mass is 499 g/mol. The fraction of sp³-hybridized carbons (Fsp3) is 0.333. The van der Waals surface area contributed by atoms with Gasteiger partial charge in [0.15, 0.2) is 0 Å². The molecule has 2 heterocycles. The minimum absolute atomic E-state index is 0.0452. The molecule has 0 aromatic heterocycles. The van der Waals surface area contributed by atoms with E-state index in [0.717, 1.165) is 0 Å². The third-order valence-corrected chi connectivity index (χ3v) is 6.05. The van der Waals surface area contributed by atoms with Gasteiger partial charge in [0.2, 0.25) is 11.8 Å². The molecule has 2 aliphatic rings. The topological polar surface area (TPSA) is 120 Å². The van der Waals surface area contributed by atoms with E-state index in [1.807, 2.05) is 0 Å². The Kier molecular flexibility index (Phi) is 7.52. The molecule has 35 heavy (non-hydrogen) atoms. The number of likely N-dealkylation sites (tertiary alicyclic amines) is 1. The number of carbonyl (C=O) groups excluding carboxylic acids is 4. The maximum Gasteiger partial charge on any atom is 0.322 e. The van der Waals surface area contributed by atoms with Crippen molar-refractivity contribution in [2.45, 2.75) is 25.4 Å². The molecule has 11 heteroatoms. The first-order valence-corrected chi connectivity index (χ1v) is 11.6. The van der Waals surface area contributed by atoms with Crippen molar-refractivity contribution < 1.29 is 23.9 Å². The Bertz CT molecular complexity index is 1110. The van der Waals surface area contributed by atoms with Gasteiger partial charge in [-0.3, -0.25) is 14.4 Å². The summed E-state index contributed by atoms with van der Waals surface area (Å²) >= 11 is 5.90. The standard InChI is InChI=1S/C24H26ClN5O5/c1-15(31)26-19-12-21(30(13-19)24(34)28-18-4-2-16(25)3-5-18)23(33)27-17-6-8-20(9-7-17)29-10-11-35-14-22(29)32/h2-9,19,21H,10-14H2,1H3,(H,26,31)(H,27,33)(H,28,34)/t19-,21-/m1/s1. The maximum absolute atomic E-state index is 13.2. The fourth-order valence-electron chi connectivity index (χ4n) is 4.17. The molecule has 5 amide bonds. The first-order chi connectivity index (χ1) is 16.8. The summed E-state index contributed by atoms with van der Waals surface area (Å²) in [6.07, 6.45) is 0.278. The van der Waals surface area contributed by atoms with E-state index in [2.05, 4.69) is 16.0 Å². The van der Waals surface area contributed by atoms with Crippen LogP contribution in [0.2, 0.25) is 5.02 Å². The summed E-state index contributed by atoms with van der Waals surface area (Å²) in [6, 6.07) is 11.9. The summed E-state index contributed by atoms with van der Waals surface area (Å²) in [7, 11) is 0. The van der Waals surface area contributed by atoms with Crippen LogP contribution in [-0.2, 0) is 19.1 Å². The average Bonchev–Trinajstić information content (AvgIpc) is 3.25. The molecule has 0 saturated carbocycles. The van der Waals surface area contributed by atoms with Gasteiger partial charge in [0.05, 0.1) is 6.61 Å². The normalized spacial score (nSPS) is 19.9. The van der Waals surface area contributed by atoms with Crippen LogP contribution in [0.4, 0.5) is 21.9 Å². The summed E-state index contributed by atoms with van der Waals surface area (Å²) in [5, 5.41) is 8.93. The summed E-state index contributed by atoms with van der Waals surface area (Å²) < 4.78 is 5.15. The van der Waals surface area contributed by atoms with Crippen molar-refractivity contribution in [1.29, 1.82) is 0 Å². The Morgan fingerprint density at radius 2 is 1.66 bits per heavy atom. The number of benzene rings is 2. The molecule has 2 atom stereocenters. The summed E-state index contributed by atoms with van der Waals surface area (Å²) in [5.74, 6) is -0.730. The first kappa shape index (κ1) is 24.5. The van der Waals surface area contributed by atoms with Crippen LogP contribution in [0.15, 0.2) is 48.5 Å². The van der Waals surface area contributed by atoms with Gasteiger partial charge in [0, 0.05) is 48.1 Å². The van der Waals surface area contributed by atoms with E-state index in [9.17, 15) is 19.2 Å². The van der Waals surface area contributed by atoms with Gasteiger partial charge in [-0.05, 0) is 55.0 Å². The van der Waals surface area contributed by atoms with Crippen molar-refractivity contribution >= 4 is 52.4 Å². The smallest absolute Gasteiger partial charge is 0.322 e. The molecule has 0 aliphatic carbocycles. The summed E-state index contributed by atoms with van der Waals surface area (Å²) in [6.45, 7) is 2.56. The number of nitrogens with zero attached hydrogens (tertiary/aromatic N) is 2. The Hall–Kier alpha value is -3.63. The van der Waals surface area contributed by atoms with Crippen molar-refractivity contribution in [1.82, 2.24) is 10.2 Å². The second kappa shape index (κ2) is 10.7. The highest BCUT2D eigenvalue weighted by atomic mass is 35.5. The molecule has 2 aromatic rings. The number of anilines is 3. The maximum atomic E-state index is 13.2. The van der Waals surface area contributed by atoms with Crippen LogP contribution in [-0.4, -0.2) is 67.0 Å². The highest BCUT2D eigenvalue weighted by Crippen LogP contribution is 2.24. The van der Waals surface area contributed by atoms with Crippen molar-refractivity contribution in [2.24, 2.45) is 0 Å². The van der Waals surface area contributed by atoms with Crippen LogP contribution in [0.5, 0.6) is 0 Å². The zero-order valence-corrected chi connectivity index (χ0v) is 19.9. The number of rotatable bonds is 5. The molecule has 3 N–H and O–H groups in total.